The Balaban J connectivity index is 2.31. The van der Waals surface area contributed by atoms with Crippen molar-refractivity contribution in [2.45, 2.75) is 19.5 Å². The molecule has 1 aromatic heterocycles. The van der Waals surface area contributed by atoms with E-state index < -0.39 is 12.0 Å². The van der Waals surface area contributed by atoms with E-state index in [1.165, 1.54) is 19.2 Å². The normalized spacial score (nSPS) is 11.9. The Morgan fingerprint density at radius 3 is 3.00 bits per heavy atom. The van der Waals surface area contributed by atoms with Crippen molar-refractivity contribution < 1.29 is 13.9 Å². The summed E-state index contributed by atoms with van der Waals surface area (Å²) in [4.78, 5) is 16.0. The smallest absolute Gasteiger partial charge is 0.334 e. The van der Waals surface area contributed by atoms with Gasteiger partial charge in [0.2, 0.25) is 0 Å². The topological polar surface area (TPSA) is 56.2 Å². The van der Waals surface area contributed by atoms with Crippen LogP contribution in [0.1, 0.15) is 18.7 Å². The lowest BCUT2D eigenvalue weighted by molar-refractivity contribution is -0.141. The van der Waals surface area contributed by atoms with E-state index in [0.717, 1.165) is 0 Å². The number of nitrogens with one attached hydrogen (secondary N) is 1. The van der Waals surface area contributed by atoms with Crippen LogP contribution in [0, 0.1) is 5.82 Å². The Kier molecular flexibility index (Phi) is 4.34. The molecule has 2 rings (SSSR count). The summed E-state index contributed by atoms with van der Waals surface area (Å²) in [7, 11) is 1.31. The quantitative estimate of drug-likeness (QED) is 0.852. The molecule has 2 aromatic rings. The zero-order valence-corrected chi connectivity index (χ0v) is 11.3. The summed E-state index contributed by atoms with van der Waals surface area (Å²) < 4.78 is 19.8. The molecule has 1 unspecified atom stereocenters. The fourth-order valence-corrected chi connectivity index (χ4v) is 1.95. The average Bonchev–Trinajstić information content (AvgIpc) is 2.92. The van der Waals surface area contributed by atoms with Gasteiger partial charge in [-0.15, -0.1) is 0 Å². The van der Waals surface area contributed by atoms with Crippen LogP contribution < -0.4 is 5.32 Å². The molecule has 0 aliphatic heterocycles. The number of anilines is 1. The molecule has 0 aliphatic rings. The maximum absolute atomic E-state index is 13.2. The Bertz CT molecular complexity index is 598. The fourth-order valence-electron chi connectivity index (χ4n) is 1.95. The highest BCUT2D eigenvalue weighted by Gasteiger charge is 2.24. The predicted octanol–water partition coefficient (Wildman–Crippen LogP) is 2.37. The minimum absolute atomic E-state index is 0.373. The zero-order valence-electron chi connectivity index (χ0n) is 11.3. The van der Waals surface area contributed by atoms with Gasteiger partial charge in [-0.3, -0.25) is 0 Å². The van der Waals surface area contributed by atoms with Crippen molar-refractivity contribution >= 4 is 11.7 Å². The molecule has 0 saturated carbocycles. The van der Waals surface area contributed by atoms with Crippen LogP contribution in [0.15, 0.2) is 36.8 Å². The van der Waals surface area contributed by atoms with Gasteiger partial charge in [0.15, 0.2) is 6.04 Å². The first-order valence-corrected chi connectivity index (χ1v) is 6.25. The molecular formula is C14H16FN3O2. The second-order valence-corrected chi connectivity index (χ2v) is 4.22. The van der Waals surface area contributed by atoms with Gasteiger partial charge in [-0.25, -0.2) is 14.2 Å². The van der Waals surface area contributed by atoms with Crippen molar-refractivity contribution in [2.24, 2.45) is 0 Å². The molecule has 0 aliphatic carbocycles. The van der Waals surface area contributed by atoms with Gasteiger partial charge in [-0.1, -0.05) is 6.07 Å². The van der Waals surface area contributed by atoms with Crippen LogP contribution >= 0.6 is 0 Å². The van der Waals surface area contributed by atoms with Crippen molar-refractivity contribution in [3.8, 4) is 0 Å². The third-order valence-electron chi connectivity index (χ3n) is 2.95. The number of hydrogen-bond acceptors (Lipinski definition) is 4. The van der Waals surface area contributed by atoms with E-state index in [9.17, 15) is 9.18 Å². The number of nitrogens with zero attached hydrogens (tertiary/aromatic N) is 2. The van der Waals surface area contributed by atoms with Crippen LogP contribution in [0.2, 0.25) is 0 Å². The lowest BCUT2D eigenvalue weighted by atomic mass is 10.2. The third kappa shape index (κ3) is 2.96. The lowest BCUT2D eigenvalue weighted by Gasteiger charge is -2.18. The highest BCUT2D eigenvalue weighted by Crippen LogP contribution is 2.21. The van der Waals surface area contributed by atoms with E-state index >= 15 is 0 Å². The molecule has 0 bridgehead atoms. The summed E-state index contributed by atoms with van der Waals surface area (Å²) in [6.45, 7) is 2.62. The van der Waals surface area contributed by atoms with Gasteiger partial charge >= 0.3 is 5.97 Å². The Labute approximate surface area is 116 Å². The average molecular weight is 277 g/mol. The molecule has 106 valence electrons. The highest BCUT2D eigenvalue weighted by molar-refractivity contribution is 5.80. The van der Waals surface area contributed by atoms with E-state index in [4.69, 9.17) is 4.74 Å². The zero-order chi connectivity index (χ0) is 14.5. The van der Waals surface area contributed by atoms with E-state index in [1.807, 2.05) is 11.5 Å². The van der Waals surface area contributed by atoms with E-state index in [2.05, 4.69) is 10.3 Å². The van der Waals surface area contributed by atoms with Crippen LogP contribution in [-0.2, 0) is 16.1 Å². The van der Waals surface area contributed by atoms with Gasteiger partial charge < -0.3 is 14.6 Å². The van der Waals surface area contributed by atoms with Gasteiger partial charge in [0.1, 0.15) is 5.82 Å². The van der Waals surface area contributed by atoms with E-state index in [1.54, 1.807) is 24.7 Å². The molecule has 1 atom stereocenters. The minimum Gasteiger partial charge on any atom is -0.467 e. The largest absolute Gasteiger partial charge is 0.467 e. The summed E-state index contributed by atoms with van der Waals surface area (Å²) in [6, 6.07) is 5.19. The third-order valence-corrected chi connectivity index (χ3v) is 2.95. The van der Waals surface area contributed by atoms with Crippen LogP contribution in [0.3, 0.4) is 0 Å². The molecule has 6 heteroatoms. The molecule has 5 nitrogen and oxygen atoms in total. The Morgan fingerprint density at radius 2 is 2.35 bits per heavy atom. The van der Waals surface area contributed by atoms with Crippen LogP contribution in [0.5, 0.6) is 0 Å². The summed E-state index contributed by atoms with van der Waals surface area (Å²) >= 11 is 0. The first kappa shape index (κ1) is 14.0. The number of halogens is 1. The van der Waals surface area contributed by atoms with Crippen LogP contribution in [-0.4, -0.2) is 22.6 Å². The molecule has 1 heterocycles. The summed E-state index contributed by atoms with van der Waals surface area (Å²) in [5.41, 5.74) is 1.17. The molecule has 0 fully saturated rings. The molecule has 0 saturated heterocycles. The first-order chi connectivity index (χ1) is 9.65. The second-order valence-electron chi connectivity index (χ2n) is 4.22. The van der Waals surface area contributed by atoms with Gasteiger partial charge in [0, 0.05) is 12.2 Å². The number of carbonyl (C=O) groups excluding carboxylic acids is 1. The number of hydrogen-bond donors (Lipinski definition) is 1. The van der Waals surface area contributed by atoms with Crippen molar-refractivity contribution in [3.63, 3.8) is 0 Å². The summed E-state index contributed by atoms with van der Waals surface area (Å²) in [5.74, 6) is -0.827. The predicted molar refractivity (Wildman–Crippen MR) is 72.7 cm³/mol. The molecular weight excluding hydrogens is 261 g/mol. The number of carbonyl (C=O) groups is 1. The van der Waals surface area contributed by atoms with Crippen molar-refractivity contribution in [1.82, 2.24) is 9.55 Å². The summed E-state index contributed by atoms with van der Waals surface area (Å²) in [6.07, 6.45) is 3.23. The number of rotatable bonds is 5. The molecule has 1 aromatic carbocycles. The number of benzene rings is 1. The maximum atomic E-state index is 13.2. The standard InChI is InChI=1S/C14H16FN3O2/c1-3-18-9-16-8-12(18)13(14(19)20-2)17-11-6-4-5-10(15)7-11/h4-9,13,17H,3H2,1-2H3. The second kappa shape index (κ2) is 6.18. The molecule has 20 heavy (non-hydrogen) atoms. The number of aryl methyl sites for hydroxylation is 1. The Hall–Kier alpha value is -2.37. The number of esters is 1. The van der Waals surface area contributed by atoms with Crippen molar-refractivity contribution in [2.75, 3.05) is 12.4 Å². The molecule has 1 N–H and O–H groups in total. The van der Waals surface area contributed by atoms with E-state index in [-0.39, 0.29) is 5.82 Å². The van der Waals surface area contributed by atoms with Gasteiger partial charge in [-0.2, -0.15) is 0 Å². The monoisotopic (exact) mass is 277 g/mol. The highest BCUT2D eigenvalue weighted by atomic mass is 19.1. The maximum Gasteiger partial charge on any atom is 0.334 e. The fraction of sp³-hybridized carbons (Fsp3) is 0.286. The van der Waals surface area contributed by atoms with Gasteiger partial charge in [0.05, 0.1) is 25.3 Å². The van der Waals surface area contributed by atoms with Crippen molar-refractivity contribution in [3.05, 3.63) is 48.3 Å². The number of methoxy groups -OCH3 is 1. The first-order valence-electron chi connectivity index (χ1n) is 6.25. The van der Waals surface area contributed by atoms with Crippen LogP contribution in [0.25, 0.3) is 0 Å². The number of ether oxygens (including phenoxy) is 1. The minimum atomic E-state index is -0.732. The van der Waals surface area contributed by atoms with E-state index in [0.29, 0.717) is 17.9 Å². The van der Waals surface area contributed by atoms with Crippen molar-refractivity contribution in [1.29, 1.82) is 0 Å². The molecule has 0 spiro atoms. The SMILES string of the molecule is CCn1cncc1C(Nc1cccc(F)c1)C(=O)OC. The number of aromatic nitrogens is 2. The number of imidazole rings is 1. The molecule has 0 radical (unpaired) electrons. The lowest BCUT2D eigenvalue weighted by Crippen LogP contribution is -2.24. The summed E-state index contributed by atoms with van der Waals surface area (Å²) in [5, 5.41) is 2.97. The van der Waals surface area contributed by atoms with Gasteiger partial charge in [-0.05, 0) is 25.1 Å². The van der Waals surface area contributed by atoms with Gasteiger partial charge in [0.25, 0.3) is 0 Å². The Morgan fingerprint density at radius 1 is 1.55 bits per heavy atom. The van der Waals surface area contributed by atoms with Crippen LogP contribution in [0.4, 0.5) is 10.1 Å². The molecule has 0 amide bonds.